The third-order valence-corrected chi connectivity index (χ3v) is 0.864. The minimum atomic E-state index is -0.0139. The van der Waals surface area contributed by atoms with Gasteiger partial charge in [0.25, 0.3) is 0 Å². The molecule has 0 aromatic heterocycles. The van der Waals surface area contributed by atoms with Gasteiger partial charge in [-0.1, -0.05) is 0 Å². The van der Waals surface area contributed by atoms with E-state index in [1.807, 2.05) is 0 Å². The summed E-state index contributed by atoms with van der Waals surface area (Å²) in [6.07, 6.45) is 0. The summed E-state index contributed by atoms with van der Waals surface area (Å²) in [5.41, 5.74) is 0. The fraction of sp³-hybridized carbons (Fsp3) is 0.500. The van der Waals surface area contributed by atoms with Crippen LogP contribution in [0.5, 0.6) is 0 Å². The van der Waals surface area contributed by atoms with E-state index < -0.39 is 0 Å². The molecule has 1 atom stereocenters. The lowest BCUT2D eigenvalue weighted by Crippen LogP contribution is -2.18. The smallest absolute Gasteiger partial charge is 0.109 e. The molecule has 0 spiro atoms. The Morgan fingerprint density at radius 3 is 3.00 bits per heavy atom. The van der Waals surface area contributed by atoms with Crippen LogP contribution in [0, 0.1) is 18.0 Å². The molecule has 37 valence electrons. The van der Waals surface area contributed by atoms with Crippen LogP contribution >= 0.6 is 0 Å². The average molecular weight is 96.1 g/mol. The van der Waals surface area contributed by atoms with Crippen LogP contribution in [-0.2, 0) is 0 Å². The van der Waals surface area contributed by atoms with Gasteiger partial charge in [-0.25, -0.2) is 0 Å². The molecule has 3 nitrogen and oxygen atoms in total. The second-order valence-electron chi connectivity index (χ2n) is 1.40. The Kier molecular flexibility index (Phi) is 1.25. The number of hydrogen-bond donors (Lipinski definition) is 2. The quantitative estimate of drug-likeness (QED) is 0.414. The second-order valence-corrected chi connectivity index (χ2v) is 1.40. The maximum Gasteiger partial charge on any atom is 0.109 e. The van der Waals surface area contributed by atoms with Gasteiger partial charge < -0.3 is 0 Å². The molecule has 1 unspecified atom stereocenters. The van der Waals surface area contributed by atoms with Crippen LogP contribution in [0.2, 0.25) is 0 Å². The van der Waals surface area contributed by atoms with Gasteiger partial charge in [-0.15, -0.1) is 0 Å². The molecule has 3 heteroatoms. The maximum atomic E-state index is 8.19. The topological polar surface area (TPSA) is 47.9 Å². The Morgan fingerprint density at radius 1 is 1.86 bits per heavy atom. The van der Waals surface area contributed by atoms with E-state index in [0.29, 0.717) is 0 Å². The van der Waals surface area contributed by atoms with E-state index in [9.17, 15) is 0 Å². The third kappa shape index (κ3) is 0.889. The number of nitrogens with one attached hydrogen (secondary N) is 2. The highest BCUT2D eigenvalue weighted by atomic mass is 15.2. The third-order valence-electron chi connectivity index (χ3n) is 0.864. The lowest BCUT2D eigenvalue weighted by Gasteiger charge is -1.89. The first-order valence-corrected chi connectivity index (χ1v) is 2.14. The first-order chi connectivity index (χ1) is 3.43. The molecule has 2 N–H and O–H groups in total. The Hall–Kier alpha value is -0.590. The van der Waals surface area contributed by atoms with Gasteiger partial charge in [-0.05, 0) is 0 Å². The summed E-state index contributed by atoms with van der Waals surface area (Å²) in [4.78, 5) is 0. The SMILES string of the molecule is N#CC1CN[CH]N1. The lowest BCUT2D eigenvalue weighted by atomic mass is 10.4. The molecule has 0 saturated carbocycles. The molecule has 0 aliphatic carbocycles. The van der Waals surface area contributed by atoms with Crippen LogP contribution in [0.15, 0.2) is 0 Å². The molecule has 1 saturated heterocycles. The van der Waals surface area contributed by atoms with E-state index in [-0.39, 0.29) is 6.04 Å². The lowest BCUT2D eigenvalue weighted by molar-refractivity contribution is 0.796. The largest absolute Gasteiger partial charge is 0.297 e. The fourth-order valence-electron chi connectivity index (χ4n) is 0.478. The van der Waals surface area contributed by atoms with Crippen LogP contribution in [0.4, 0.5) is 0 Å². The van der Waals surface area contributed by atoms with Crippen molar-refractivity contribution in [2.24, 2.45) is 0 Å². The van der Waals surface area contributed by atoms with Crippen molar-refractivity contribution in [3.63, 3.8) is 0 Å². The summed E-state index contributed by atoms with van der Waals surface area (Å²) >= 11 is 0. The van der Waals surface area contributed by atoms with Gasteiger partial charge in [-0.2, -0.15) is 5.26 Å². The first kappa shape index (κ1) is 4.57. The van der Waals surface area contributed by atoms with Crippen molar-refractivity contribution in [1.29, 1.82) is 5.26 Å². The molecule has 0 aromatic carbocycles. The molecule has 0 amide bonds. The van der Waals surface area contributed by atoms with E-state index in [2.05, 4.69) is 16.7 Å². The molecule has 0 bridgehead atoms. The molecule has 1 aliphatic heterocycles. The van der Waals surface area contributed by atoms with E-state index in [4.69, 9.17) is 5.26 Å². The molecular formula is C4H6N3. The second kappa shape index (κ2) is 1.92. The van der Waals surface area contributed by atoms with Gasteiger partial charge in [0, 0.05) is 6.54 Å². The summed E-state index contributed by atoms with van der Waals surface area (Å²) < 4.78 is 0. The van der Waals surface area contributed by atoms with Crippen molar-refractivity contribution < 1.29 is 0 Å². The van der Waals surface area contributed by atoms with Crippen molar-refractivity contribution in [3.8, 4) is 6.07 Å². The van der Waals surface area contributed by atoms with Crippen molar-refractivity contribution in [1.82, 2.24) is 10.6 Å². The molecule has 7 heavy (non-hydrogen) atoms. The van der Waals surface area contributed by atoms with Crippen molar-refractivity contribution in [2.75, 3.05) is 6.54 Å². The van der Waals surface area contributed by atoms with Crippen LogP contribution in [-0.4, -0.2) is 12.6 Å². The van der Waals surface area contributed by atoms with Crippen molar-refractivity contribution in [2.45, 2.75) is 6.04 Å². The summed E-state index contributed by atoms with van der Waals surface area (Å²) in [6.45, 7) is 2.42. The van der Waals surface area contributed by atoms with Crippen LogP contribution in [0.25, 0.3) is 0 Å². The van der Waals surface area contributed by atoms with Crippen LogP contribution < -0.4 is 10.6 Å². The zero-order valence-electron chi connectivity index (χ0n) is 3.81. The normalized spacial score (nSPS) is 29.9. The molecule has 1 radical (unpaired) electrons. The zero-order valence-corrected chi connectivity index (χ0v) is 3.81. The monoisotopic (exact) mass is 96.1 g/mol. The predicted octanol–water partition coefficient (Wildman–Crippen LogP) is -0.809. The standard InChI is InChI=1S/C4H6N3/c5-1-4-2-6-3-7-4/h3-4,6-7H,2H2. The summed E-state index contributed by atoms with van der Waals surface area (Å²) in [6, 6.07) is 2.05. The van der Waals surface area contributed by atoms with Gasteiger partial charge in [0.1, 0.15) is 6.04 Å². The summed E-state index contributed by atoms with van der Waals surface area (Å²) in [5, 5.41) is 13.9. The maximum absolute atomic E-state index is 8.19. The van der Waals surface area contributed by atoms with E-state index >= 15 is 0 Å². The molecule has 1 fully saturated rings. The number of nitrogens with zero attached hydrogens (tertiary/aromatic N) is 1. The fourth-order valence-corrected chi connectivity index (χ4v) is 0.478. The van der Waals surface area contributed by atoms with Gasteiger partial charge in [-0.3, -0.25) is 10.6 Å². The Balaban J connectivity index is 2.31. The highest BCUT2D eigenvalue weighted by Gasteiger charge is 2.10. The Labute approximate surface area is 42.3 Å². The van der Waals surface area contributed by atoms with E-state index in [1.54, 1.807) is 6.67 Å². The number of rotatable bonds is 0. The van der Waals surface area contributed by atoms with Crippen molar-refractivity contribution >= 4 is 0 Å². The predicted molar refractivity (Wildman–Crippen MR) is 24.8 cm³/mol. The summed E-state index contributed by atoms with van der Waals surface area (Å²) in [5.74, 6) is 0. The minimum absolute atomic E-state index is 0.0139. The molecule has 1 heterocycles. The van der Waals surface area contributed by atoms with Crippen LogP contribution in [0.1, 0.15) is 0 Å². The minimum Gasteiger partial charge on any atom is -0.297 e. The Bertz CT molecular complexity index is 87.6. The average Bonchev–Trinajstić information content (AvgIpc) is 2.14. The first-order valence-electron chi connectivity index (χ1n) is 2.14. The van der Waals surface area contributed by atoms with Gasteiger partial charge in [0.15, 0.2) is 0 Å². The molecule has 1 aliphatic rings. The van der Waals surface area contributed by atoms with E-state index in [1.165, 1.54) is 0 Å². The Morgan fingerprint density at radius 2 is 2.71 bits per heavy atom. The number of nitriles is 1. The van der Waals surface area contributed by atoms with Gasteiger partial charge in [0.2, 0.25) is 0 Å². The zero-order chi connectivity index (χ0) is 5.11. The molecule has 1 rings (SSSR count). The van der Waals surface area contributed by atoms with Crippen molar-refractivity contribution in [3.05, 3.63) is 6.67 Å². The molecule has 0 aromatic rings. The highest BCUT2D eigenvalue weighted by Crippen LogP contribution is 1.85. The van der Waals surface area contributed by atoms with Gasteiger partial charge in [0.05, 0.1) is 12.7 Å². The van der Waals surface area contributed by atoms with Crippen LogP contribution in [0.3, 0.4) is 0 Å². The van der Waals surface area contributed by atoms with E-state index in [0.717, 1.165) is 6.54 Å². The van der Waals surface area contributed by atoms with Gasteiger partial charge >= 0.3 is 0 Å². The summed E-state index contributed by atoms with van der Waals surface area (Å²) in [7, 11) is 0. The number of hydrogen-bond acceptors (Lipinski definition) is 3. The molecular weight excluding hydrogens is 90.1 g/mol. The highest BCUT2D eigenvalue weighted by molar-refractivity contribution is 4.97.